The van der Waals surface area contributed by atoms with Crippen LogP contribution in [0.1, 0.15) is 29.2 Å². The van der Waals surface area contributed by atoms with Gasteiger partial charge in [-0.25, -0.2) is 4.79 Å². The van der Waals surface area contributed by atoms with Gasteiger partial charge in [0, 0.05) is 5.56 Å². The number of carbonyl (C=O) groups is 1. The van der Waals surface area contributed by atoms with Crippen LogP contribution >= 0.6 is 0 Å². The first-order valence-corrected chi connectivity index (χ1v) is 7.61. The highest BCUT2D eigenvalue weighted by atomic mass is 16.7. The maximum Gasteiger partial charge on any atom is 0.513 e. The Morgan fingerprint density at radius 2 is 1.83 bits per heavy atom. The zero-order chi connectivity index (χ0) is 16.8. The number of hydrogen-bond donors (Lipinski definition) is 0. The third kappa shape index (κ3) is 4.25. The minimum atomic E-state index is -0.736. The lowest BCUT2D eigenvalue weighted by Gasteiger charge is -2.14. The highest BCUT2D eigenvalue weighted by Gasteiger charge is 2.12. The fourth-order valence-corrected chi connectivity index (χ4v) is 2.33. The molecule has 0 unspecified atom stereocenters. The van der Waals surface area contributed by atoms with Gasteiger partial charge in [-0.3, -0.25) is 0 Å². The van der Waals surface area contributed by atoms with Crippen LogP contribution in [0.3, 0.4) is 0 Å². The molecule has 0 radical (unpaired) electrons. The monoisotopic (exact) mass is 314 g/mol. The molecule has 4 heteroatoms. The van der Waals surface area contributed by atoms with E-state index in [9.17, 15) is 4.79 Å². The summed E-state index contributed by atoms with van der Waals surface area (Å²) in [4.78, 5) is 11.4. The van der Waals surface area contributed by atoms with Crippen molar-refractivity contribution < 1.29 is 19.0 Å². The van der Waals surface area contributed by atoms with Crippen LogP contribution in [0.4, 0.5) is 4.79 Å². The van der Waals surface area contributed by atoms with Gasteiger partial charge in [0.05, 0.1) is 7.11 Å². The minimum absolute atomic E-state index is 0.325. The molecule has 0 atom stereocenters. The Labute approximate surface area is 137 Å². The topological polar surface area (TPSA) is 44.8 Å². The molecule has 2 aromatic carbocycles. The molecule has 2 rings (SSSR count). The van der Waals surface area contributed by atoms with Crippen molar-refractivity contribution in [3.8, 4) is 11.5 Å². The van der Waals surface area contributed by atoms with E-state index in [2.05, 4.69) is 23.8 Å². The molecule has 0 amide bonds. The molecule has 0 spiro atoms. The summed E-state index contributed by atoms with van der Waals surface area (Å²) in [5.74, 6) is 1.29. The predicted octanol–water partition coefficient (Wildman–Crippen LogP) is 4.59. The molecule has 0 heterocycles. The third-order valence-corrected chi connectivity index (χ3v) is 3.75. The van der Waals surface area contributed by atoms with E-state index in [-0.39, 0.29) is 0 Å². The molecular formula is C19H22O4. The maximum atomic E-state index is 11.4. The molecular weight excluding hydrogens is 292 g/mol. The summed E-state index contributed by atoms with van der Waals surface area (Å²) in [6.07, 6.45) is 0.260. The van der Waals surface area contributed by atoms with E-state index in [4.69, 9.17) is 9.47 Å². The minimum Gasteiger partial charge on any atom is -0.488 e. The summed E-state index contributed by atoms with van der Waals surface area (Å²) in [5.41, 5.74) is 4.19. The predicted molar refractivity (Wildman–Crippen MR) is 89.1 cm³/mol. The van der Waals surface area contributed by atoms with Crippen LogP contribution in [0.2, 0.25) is 0 Å². The first-order chi connectivity index (χ1) is 11.0. The second-order valence-corrected chi connectivity index (χ2v) is 5.35. The Bertz CT molecular complexity index is 692. The standard InChI is InChI=1S/C19H22O4/c1-5-15-9-10-17(14(3)11-15)22-12-16-13(2)7-6-8-18(16)23-19(20)21-4/h6-11H,5,12H2,1-4H3. The van der Waals surface area contributed by atoms with Crippen molar-refractivity contribution in [3.05, 3.63) is 58.7 Å². The lowest BCUT2D eigenvalue weighted by atomic mass is 10.1. The Morgan fingerprint density at radius 3 is 2.48 bits per heavy atom. The first kappa shape index (κ1) is 16.9. The summed E-state index contributed by atoms with van der Waals surface area (Å²) < 4.78 is 15.7. The molecule has 0 saturated carbocycles. The third-order valence-electron chi connectivity index (χ3n) is 3.75. The largest absolute Gasteiger partial charge is 0.513 e. The van der Waals surface area contributed by atoms with Gasteiger partial charge in [-0.2, -0.15) is 0 Å². The van der Waals surface area contributed by atoms with Gasteiger partial charge >= 0.3 is 6.16 Å². The van der Waals surface area contributed by atoms with Crippen molar-refractivity contribution in [2.75, 3.05) is 7.11 Å². The quantitative estimate of drug-likeness (QED) is 0.598. The second kappa shape index (κ2) is 7.68. The summed E-state index contributed by atoms with van der Waals surface area (Å²) in [6, 6.07) is 11.7. The molecule has 0 bridgehead atoms. The van der Waals surface area contributed by atoms with Crippen molar-refractivity contribution >= 4 is 6.16 Å². The smallest absolute Gasteiger partial charge is 0.488 e. The van der Waals surface area contributed by atoms with Crippen LogP contribution in [0.25, 0.3) is 0 Å². The molecule has 0 aliphatic heterocycles. The van der Waals surface area contributed by atoms with Gasteiger partial charge in [-0.1, -0.05) is 31.2 Å². The number of hydrogen-bond acceptors (Lipinski definition) is 4. The molecule has 0 aliphatic rings. The van der Waals surface area contributed by atoms with Crippen molar-refractivity contribution in [1.82, 2.24) is 0 Å². The van der Waals surface area contributed by atoms with Gasteiger partial charge in [-0.05, 0) is 49.1 Å². The molecule has 4 nitrogen and oxygen atoms in total. The van der Waals surface area contributed by atoms with E-state index >= 15 is 0 Å². The Balaban J connectivity index is 2.18. The molecule has 0 aromatic heterocycles. The van der Waals surface area contributed by atoms with Crippen LogP contribution in [-0.4, -0.2) is 13.3 Å². The average molecular weight is 314 g/mol. The lowest BCUT2D eigenvalue weighted by molar-refractivity contribution is 0.120. The van der Waals surface area contributed by atoms with E-state index in [1.165, 1.54) is 12.7 Å². The Morgan fingerprint density at radius 1 is 1.04 bits per heavy atom. The zero-order valence-corrected chi connectivity index (χ0v) is 14.0. The number of carbonyl (C=O) groups excluding carboxylic acids is 1. The van der Waals surface area contributed by atoms with Gasteiger partial charge < -0.3 is 14.2 Å². The van der Waals surface area contributed by atoms with Crippen molar-refractivity contribution in [3.63, 3.8) is 0 Å². The number of methoxy groups -OCH3 is 1. The van der Waals surface area contributed by atoms with E-state index in [1.54, 1.807) is 6.07 Å². The first-order valence-electron chi connectivity index (χ1n) is 7.61. The second-order valence-electron chi connectivity index (χ2n) is 5.35. The van der Waals surface area contributed by atoms with E-state index in [0.717, 1.165) is 28.9 Å². The maximum absolute atomic E-state index is 11.4. The van der Waals surface area contributed by atoms with Gasteiger partial charge in [0.2, 0.25) is 0 Å². The van der Waals surface area contributed by atoms with E-state index in [1.807, 2.05) is 32.0 Å². The average Bonchev–Trinajstić information content (AvgIpc) is 2.55. The number of aryl methyl sites for hydroxylation is 3. The lowest BCUT2D eigenvalue weighted by Crippen LogP contribution is -2.10. The van der Waals surface area contributed by atoms with Gasteiger partial charge in [0.1, 0.15) is 18.1 Å². The Hall–Kier alpha value is -2.49. The van der Waals surface area contributed by atoms with Crippen molar-refractivity contribution in [1.29, 1.82) is 0 Å². The van der Waals surface area contributed by atoms with Crippen LogP contribution in [-0.2, 0) is 17.8 Å². The zero-order valence-electron chi connectivity index (χ0n) is 14.0. The summed E-state index contributed by atoms with van der Waals surface area (Å²) in [5, 5.41) is 0. The summed E-state index contributed by atoms with van der Waals surface area (Å²) in [7, 11) is 1.28. The van der Waals surface area contributed by atoms with Gasteiger partial charge in [0.25, 0.3) is 0 Å². The molecule has 0 saturated heterocycles. The summed E-state index contributed by atoms with van der Waals surface area (Å²) in [6.45, 7) is 6.43. The van der Waals surface area contributed by atoms with Crippen LogP contribution in [0.5, 0.6) is 11.5 Å². The van der Waals surface area contributed by atoms with Crippen molar-refractivity contribution in [2.45, 2.75) is 33.8 Å². The highest BCUT2D eigenvalue weighted by molar-refractivity contribution is 5.64. The molecule has 2 aromatic rings. The molecule has 0 aliphatic carbocycles. The molecule has 0 N–H and O–H groups in total. The number of ether oxygens (including phenoxy) is 3. The summed E-state index contributed by atoms with van der Waals surface area (Å²) >= 11 is 0. The SMILES string of the molecule is CCc1ccc(OCc2c(C)cccc2OC(=O)OC)c(C)c1. The highest BCUT2D eigenvalue weighted by Crippen LogP contribution is 2.26. The van der Waals surface area contributed by atoms with Gasteiger partial charge in [0.15, 0.2) is 0 Å². The number of rotatable bonds is 5. The molecule has 122 valence electrons. The van der Waals surface area contributed by atoms with Crippen LogP contribution in [0.15, 0.2) is 36.4 Å². The normalized spacial score (nSPS) is 10.3. The fraction of sp³-hybridized carbons (Fsp3) is 0.316. The van der Waals surface area contributed by atoms with Crippen LogP contribution in [0, 0.1) is 13.8 Å². The van der Waals surface area contributed by atoms with Crippen LogP contribution < -0.4 is 9.47 Å². The van der Waals surface area contributed by atoms with Gasteiger partial charge in [-0.15, -0.1) is 0 Å². The van der Waals surface area contributed by atoms with Crippen molar-refractivity contribution in [2.24, 2.45) is 0 Å². The van der Waals surface area contributed by atoms with E-state index in [0.29, 0.717) is 12.4 Å². The van der Waals surface area contributed by atoms with E-state index < -0.39 is 6.16 Å². The molecule has 23 heavy (non-hydrogen) atoms. The molecule has 0 fully saturated rings. The number of benzene rings is 2. The Kier molecular flexibility index (Phi) is 5.63. The fourth-order valence-electron chi connectivity index (χ4n) is 2.33.